The normalized spacial score (nSPS) is 14.7. The van der Waals surface area contributed by atoms with Crippen LogP contribution < -0.4 is 10.9 Å². The Labute approximate surface area is 195 Å². The number of hydrogen-bond acceptors (Lipinski definition) is 5. The van der Waals surface area contributed by atoms with Crippen LogP contribution in [0.4, 0.5) is 4.39 Å². The fourth-order valence-electron chi connectivity index (χ4n) is 2.95. The maximum absolute atomic E-state index is 12.9. The highest BCUT2D eigenvalue weighted by Gasteiger charge is 2.31. The third-order valence-corrected chi connectivity index (χ3v) is 6.14. The van der Waals surface area contributed by atoms with Crippen molar-refractivity contribution in [1.29, 1.82) is 0 Å². The fourth-order valence-corrected chi connectivity index (χ4v) is 4.26. The van der Waals surface area contributed by atoms with Crippen LogP contribution in [0.1, 0.15) is 41.3 Å². The number of benzene rings is 2. The second-order valence-electron chi connectivity index (χ2n) is 7.04. The highest BCUT2D eigenvalue weighted by Crippen LogP contribution is 2.32. The van der Waals surface area contributed by atoms with Gasteiger partial charge in [0.15, 0.2) is 0 Å². The molecule has 0 aromatic heterocycles. The fraction of sp³-hybridized carbons (Fsp3) is 0.217. The molecule has 0 radical (unpaired) electrons. The van der Waals surface area contributed by atoms with Crippen LogP contribution in [0.15, 0.2) is 53.4 Å². The molecule has 0 atom stereocenters. The quantitative estimate of drug-likeness (QED) is 0.365. The van der Waals surface area contributed by atoms with E-state index in [0.29, 0.717) is 22.2 Å². The van der Waals surface area contributed by atoms with Gasteiger partial charge < -0.3 is 0 Å². The molecular weight excluding hydrogens is 449 g/mol. The molecule has 3 amide bonds. The molecule has 166 valence electrons. The number of hydrazine groups is 1. The Balaban J connectivity index is 1.45. The first-order valence-electron chi connectivity index (χ1n) is 10.1. The Kier molecular flexibility index (Phi) is 8.13. The van der Waals surface area contributed by atoms with E-state index in [9.17, 15) is 18.8 Å². The molecular formula is C23H22FN3O3S2. The minimum Gasteiger partial charge on any atom is -0.293 e. The van der Waals surface area contributed by atoms with Crippen molar-refractivity contribution in [2.75, 3.05) is 6.54 Å². The van der Waals surface area contributed by atoms with Crippen molar-refractivity contribution in [3.8, 4) is 0 Å². The molecule has 1 heterocycles. The van der Waals surface area contributed by atoms with Gasteiger partial charge in [0.1, 0.15) is 10.1 Å². The van der Waals surface area contributed by atoms with Crippen molar-refractivity contribution in [2.45, 2.75) is 26.2 Å². The zero-order valence-corrected chi connectivity index (χ0v) is 19.0. The lowest BCUT2D eigenvalue weighted by molar-refractivity contribution is -0.124. The highest BCUT2D eigenvalue weighted by atomic mass is 32.2. The summed E-state index contributed by atoms with van der Waals surface area (Å²) in [7, 11) is 0. The van der Waals surface area contributed by atoms with Crippen LogP contribution in [0.2, 0.25) is 0 Å². The molecule has 0 unspecified atom stereocenters. The predicted octanol–water partition coefficient (Wildman–Crippen LogP) is 3.83. The lowest BCUT2D eigenvalue weighted by atomic mass is 10.1. The van der Waals surface area contributed by atoms with Crippen molar-refractivity contribution >= 4 is 52.1 Å². The molecule has 0 bridgehead atoms. The van der Waals surface area contributed by atoms with Crippen LogP contribution in [0.5, 0.6) is 0 Å². The van der Waals surface area contributed by atoms with Crippen molar-refractivity contribution < 1.29 is 18.8 Å². The summed E-state index contributed by atoms with van der Waals surface area (Å²) in [4.78, 5) is 38.6. The van der Waals surface area contributed by atoms with Crippen LogP contribution in [0.3, 0.4) is 0 Å². The van der Waals surface area contributed by atoms with E-state index in [1.54, 1.807) is 0 Å². The largest absolute Gasteiger partial charge is 0.293 e. The van der Waals surface area contributed by atoms with Crippen molar-refractivity contribution in [3.63, 3.8) is 0 Å². The zero-order chi connectivity index (χ0) is 23.1. The summed E-state index contributed by atoms with van der Waals surface area (Å²) in [6, 6.07) is 12.9. The number of carbonyl (C=O) groups excluding carboxylic acids is 3. The van der Waals surface area contributed by atoms with Gasteiger partial charge in [-0.15, -0.1) is 0 Å². The first-order chi connectivity index (χ1) is 15.4. The molecule has 2 aromatic carbocycles. The number of nitrogens with zero attached hydrogens (tertiary/aromatic N) is 1. The lowest BCUT2D eigenvalue weighted by Crippen LogP contribution is -2.41. The zero-order valence-electron chi connectivity index (χ0n) is 17.4. The SMILES string of the molecule is CCc1ccc(C=C2SC(=S)N(CCCC(=O)NNC(=O)c3ccc(F)cc3)C2=O)cc1. The van der Waals surface area contributed by atoms with Gasteiger partial charge in [-0.25, -0.2) is 4.39 Å². The van der Waals surface area contributed by atoms with E-state index < -0.39 is 17.6 Å². The van der Waals surface area contributed by atoms with E-state index >= 15 is 0 Å². The number of thiocarbonyl (C=S) groups is 1. The molecule has 32 heavy (non-hydrogen) atoms. The number of rotatable bonds is 7. The number of thioether (sulfide) groups is 1. The third-order valence-electron chi connectivity index (χ3n) is 4.77. The minimum atomic E-state index is -0.549. The monoisotopic (exact) mass is 471 g/mol. The highest BCUT2D eigenvalue weighted by molar-refractivity contribution is 8.26. The van der Waals surface area contributed by atoms with Gasteiger partial charge in [-0.1, -0.05) is 55.2 Å². The second-order valence-corrected chi connectivity index (χ2v) is 8.72. The van der Waals surface area contributed by atoms with Crippen molar-refractivity contribution in [1.82, 2.24) is 15.8 Å². The summed E-state index contributed by atoms with van der Waals surface area (Å²) in [5, 5.41) is 0. The van der Waals surface area contributed by atoms with Crippen molar-refractivity contribution in [2.24, 2.45) is 0 Å². The number of nitrogens with one attached hydrogen (secondary N) is 2. The maximum atomic E-state index is 12.9. The number of amides is 3. The summed E-state index contributed by atoms with van der Waals surface area (Å²) in [5.41, 5.74) is 6.96. The van der Waals surface area contributed by atoms with Crippen LogP contribution in [0, 0.1) is 5.82 Å². The lowest BCUT2D eigenvalue weighted by Gasteiger charge is -2.14. The molecule has 9 heteroatoms. The Morgan fingerprint density at radius 1 is 1.09 bits per heavy atom. The number of aryl methyl sites for hydroxylation is 1. The Hall–Kier alpha value is -3.04. The molecule has 0 saturated carbocycles. The summed E-state index contributed by atoms with van der Waals surface area (Å²) in [6.07, 6.45) is 3.24. The van der Waals surface area contributed by atoms with E-state index in [2.05, 4.69) is 17.8 Å². The molecule has 1 saturated heterocycles. The van der Waals surface area contributed by atoms with Crippen LogP contribution in [0.25, 0.3) is 6.08 Å². The first-order valence-corrected chi connectivity index (χ1v) is 11.3. The van der Waals surface area contributed by atoms with Gasteiger partial charge in [-0.05, 0) is 54.3 Å². The Bertz CT molecular complexity index is 1050. The third kappa shape index (κ3) is 6.24. The van der Waals surface area contributed by atoms with Crippen LogP contribution >= 0.6 is 24.0 Å². The maximum Gasteiger partial charge on any atom is 0.269 e. The summed E-state index contributed by atoms with van der Waals surface area (Å²) in [6.45, 7) is 2.38. The van der Waals surface area contributed by atoms with E-state index in [4.69, 9.17) is 12.2 Å². The molecule has 1 aliphatic heterocycles. The molecule has 1 aliphatic rings. The van der Waals surface area contributed by atoms with Gasteiger partial charge >= 0.3 is 0 Å². The van der Waals surface area contributed by atoms with E-state index in [-0.39, 0.29) is 17.9 Å². The van der Waals surface area contributed by atoms with Gasteiger partial charge in [-0.3, -0.25) is 30.1 Å². The number of hydrogen-bond donors (Lipinski definition) is 2. The smallest absolute Gasteiger partial charge is 0.269 e. The Morgan fingerprint density at radius 3 is 2.44 bits per heavy atom. The van der Waals surface area contributed by atoms with Crippen LogP contribution in [-0.4, -0.2) is 33.5 Å². The first kappa shape index (κ1) is 23.6. The molecule has 0 spiro atoms. The molecule has 2 N–H and O–H groups in total. The number of carbonyl (C=O) groups is 3. The molecule has 2 aromatic rings. The van der Waals surface area contributed by atoms with Gasteiger partial charge in [0.2, 0.25) is 5.91 Å². The van der Waals surface area contributed by atoms with E-state index in [1.165, 1.54) is 34.4 Å². The predicted molar refractivity (Wildman–Crippen MR) is 127 cm³/mol. The summed E-state index contributed by atoms with van der Waals surface area (Å²) in [5.74, 6) is -1.58. The number of halogens is 1. The molecule has 6 nitrogen and oxygen atoms in total. The van der Waals surface area contributed by atoms with Crippen LogP contribution in [-0.2, 0) is 16.0 Å². The molecule has 0 aliphatic carbocycles. The minimum absolute atomic E-state index is 0.0955. The van der Waals surface area contributed by atoms with E-state index in [1.807, 2.05) is 30.3 Å². The molecule has 3 rings (SSSR count). The second kappa shape index (κ2) is 11.0. The van der Waals surface area contributed by atoms with Gasteiger partial charge in [0.05, 0.1) is 4.91 Å². The molecule has 1 fully saturated rings. The van der Waals surface area contributed by atoms with Gasteiger partial charge in [0, 0.05) is 18.5 Å². The average molecular weight is 472 g/mol. The summed E-state index contributed by atoms with van der Waals surface area (Å²) >= 11 is 6.56. The van der Waals surface area contributed by atoms with Crippen molar-refractivity contribution in [3.05, 3.63) is 75.9 Å². The van der Waals surface area contributed by atoms with Gasteiger partial charge in [0.25, 0.3) is 11.8 Å². The Morgan fingerprint density at radius 2 is 1.78 bits per heavy atom. The topological polar surface area (TPSA) is 78.5 Å². The summed E-state index contributed by atoms with van der Waals surface area (Å²) < 4.78 is 13.4. The van der Waals surface area contributed by atoms with Gasteiger partial charge in [-0.2, -0.15) is 0 Å². The average Bonchev–Trinajstić information content (AvgIpc) is 3.05. The van der Waals surface area contributed by atoms with E-state index in [0.717, 1.165) is 24.1 Å². The standard InChI is InChI=1S/C23H22FN3O3S2/c1-2-15-5-7-16(8-6-15)14-19-22(30)27(23(31)32-19)13-3-4-20(28)25-26-21(29)17-9-11-18(24)12-10-17/h5-12,14H,2-4,13H2,1H3,(H,25,28)(H,26,29).